The zero-order chi connectivity index (χ0) is 15.7. The van der Waals surface area contributed by atoms with Crippen molar-refractivity contribution < 1.29 is 9.47 Å². The molecule has 0 aromatic carbocycles. The van der Waals surface area contributed by atoms with Crippen LogP contribution in [0.1, 0.15) is 66.7 Å². The molecule has 21 heavy (non-hydrogen) atoms. The lowest BCUT2D eigenvalue weighted by Crippen LogP contribution is -2.48. The fourth-order valence-electron chi connectivity index (χ4n) is 3.28. The molecule has 3 nitrogen and oxygen atoms in total. The van der Waals surface area contributed by atoms with Gasteiger partial charge in [-0.2, -0.15) is 0 Å². The molecule has 0 bridgehead atoms. The number of hydrogen-bond acceptors (Lipinski definition) is 3. The Labute approximate surface area is 132 Å². The van der Waals surface area contributed by atoms with Crippen molar-refractivity contribution in [1.82, 2.24) is 5.32 Å². The first-order chi connectivity index (χ1) is 10.0. The standard InChI is InChI=1S/C18H37NO2/c1-6-11-19-16-10-9-15(18(4,5)7-2)14-17(16)21-13-12-20-8-3/h15-17,19H,6-14H2,1-5H3. The van der Waals surface area contributed by atoms with Crippen LogP contribution in [0.3, 0.4) is 0 Å². The van der Waals surface area contributed by atoms with Crippen LogP contribution in [0.4, 0.5) is 0 Å². The van der Waals surface area contributed by atoms with E-state index in [1.165, 1.54) is 32.1 Å². The van der Waals surface area contributed by atoms with Gasteiger partial charge in [0.05, 0.1) is 19.3 Å². The monoisotopic (exact) mass is 299 g/mol. The van der Waals surface area contributed by atoms with E-state index >= 15 is 0 Å². The average molecular weight is 299 g/mol. The molecule has 0 aliphatic heterocycles. The SMILES string of the molecule is CCCNC1CCC(C(C)(C)CC)CC1OCCOCC. The lowest BCUT2D eigenvalue weighted by molar-refractivity contribution is -0.0495. The van der Waals surface area contributed by atoms with E-state index in [2.05, 4.69) is 33.0 Å². The Hall–Kier alpha value is -0.120. The molecule has 1 saturated carbocycles. The topological polar surface area (TPSA) is 30.5 Å². The quantitative estimate of drug-likeness (QED) is 0.618. The molecule has 1 fully saturated rings. The van der Waals surface area contributed by atoms with Crippen LogP contribution in [-0.4, -0.2) is 38.5 Å². The maximum absolute atomic E-state index is 6.18. The molecule has 0 saturated heterocycles. The van der Waals surface area contributed by atoms with Gasteiger partial charge in [-0.3, -0.25) is 0 Å². The normalized spacial score (nSPS) is 27.0. The fourth-order valence-corrected chi connectivity index (χ4v) is 3.28. The highest BCUT2D eigenvalue weighted by Gasteiger charge is 2.37. The van der Waals surface area contributed by atoms with Gasteiger partial charge in [-0.1, -0.05) is 34.1 Å². The van der Waals surface area contributed by atoms with Gasteiger partial charge in [0.25, 0.3) is 0 Å². The molecule has 0 heterocycles. The Kier molecular flexibility index (Phi) is 8.84. The van der Waals surface area contributed by atoms with Gasteiger partial charge >= 0.3 is 0 Å². The van der Waals surface area contributed by atoms with Crippen molar-refractivity contribution in [3.8, 4) is 0 Å². The summed E-state index contributed by atoms with van der Waals surface area (Å²) in [4.78, 5) is 0. The van der Waals surface area contributed by atoms with Crippen LogP contribution in [0, 0.1) is 11.3 Å². The second-order valence-electron chi connectivity index (χ2n) is 7.02. The van der Waals surface area contributed by atoms with E-state index in [-0.39, 0.29) is 0 Å². The summed E-state index contributed by atoms with van der Waals surface area (Å²) in [7, 11) is 0. The minimum Gasteiger partial charge on any atom is -0.379 e. The molecule has 1 aliphatic carbocycles. The molecule has 3 unspecified atom stereocenters. The molecular formula is C18H37NO2. The Morgan fingerprint density at radius 1 is 1.10 bits per heavy atom. The van der Waals surface area contributed by atoms with E-state index in [1.54, 1.807) is 0 Å². The lowest BCUT2D eigenvalue weighted by atomic mass is 9.68. The molecule has 1 aliphatic rings. The summed E-state index contributed by atoms with van der Waals surface area (Å²) in [6, 6.07) is 0.524. The number of nitrogens with one attached hydrogen (secondary N) is 1. The zero-order valence-electron chi connectivity index (χ0n) is 14.9. The smallest absolute Gasteiger partial charge is 0.0732 e. The van der Waals surface area contributed by atoms with Gasteiger partial charge in [0, 0.05) is 12.6 Å². The number of ether oxygens (including phenoxy) is 2. The molecule has 1 rings (SSSR count). The molecule has 126 valence electrons. The van der Waals surface area contributed by atoms with E-state index in [4.69, 9.17) is 9.47 Å². The molecular weight excluding hydrogens is 262 g/mol. The third kappa shape index (κ3) is 6.25. The van der Waals surface area contributed by atoms with Gasteiger partial charge in [-0.05, 0) is 50.5 Å². The molecule has 1 N–H and O–H groups in total. The summed E-state index contributed by atoms with van der Waals surface area (Å²) < 4.78 is 11.6. The van der Waals surface area contributed by atoms with Crippen LogP contribution < -0.4 is 5.32 Å². The lowest BCUT2D eigenvalue weighted by Gasteiger charge is -2.43. The van der Waals surface area contributed by atoms with Crippen LogP contribution in [0.25, 0.3) is 0 Å². The maximum Gasteiger partial charge on any atom is 0.0732 e. The van der Waals surface area contributed by atoms with Crippen molar-refractivity contribution in [2.24, 2.45) is 11.3 Å². The van der Waals surface area contributed by atoms with Gasteiger partial charge in [0.1, 0.15) is 0 Å². The van der Waals surface area contributed by atoms with Gasteiger partial charge in [-0.15, -0.1) is 0 Å². The van der Waals surface area contributed by atoms with Gasteiger partial charge in [-0.25, -0.2) is 0 Å². The van der Waals surface area contributed by atoms with Crippen molar-refractivity contribution >= 4 is 0 Å². The van der Waals surface area contributed by atoms with Gasteiger partial charge in [0.2, 0.25) is 0 Å². The molecule has 0 aromatic rings. The Balaban J connectivity index is 2.54. The molecule has 3 atom stereocenters. The maximum atomic E-state index is 6.18. The second-order valence-corrected chi connectivity index (χ2v) is 7.02. The van der Waals surface area contributed by atoms with Crippen molar-refractivity contribution in [2.45, 2.75) is 78.9 Å². The summed E-state index contributed by atoms with van der Waals surface area (Å²) in [5.41, 5.74) is 0.428. The summed E-state index contributed by atoms with van der Waals surface area (Å²) in [5, 5.41) is 3.69. The first-order valence-corrected chi connectivity index (χ1v) is 8.97. The van der Waals surface area contributed by atoms with Crippen molar-refractivity contribution in [2.75, 3.05) is 26.4 Å². The predicted molar refractivity (Wildman–Crippen MR) is 89.7 cm³/mol. The highest BCUT2D eigenvalue weighted by molar-refractivity contribution is 4.90. The van der Waals surface area contributed by atoms with E-state index < -0.39 is 0 Å². The first kappa shape index (κ1) is 18.9. The Morgan fingerprint density at radius 2 is 1.86 bits per heavy atom. The highest BCUT2D eigenvalue weighted by Crippen LogP contribution is 2.41. The second kappa shape index (κ2) is 9.81. The molecule has 0 amide bonds. The van der Waals surface area contributed by atoms with E-state index in [0.29, 0.717) is 17.6 Å². The minimum absolute atomic E-state index is 0.349. The van der Waals surface area contributed by atoms with Crippen molar-refractivity contribution in [3.63, 3.8) is 0 Å². The summed E-state index contributed by atoms with van der Waals surface area (Å²) in [5.74, 6) is 0.777. The molecule has 0 aromatic heterocycles. The highest BCUT2D eigenvalue weighted by atomic mass is 16.5. The van der Waals surface area contributed by atoms with Gasteiger partial charge < -0.3 is 14.8 Å². The van der Waals surface area contributed by atoms with Gasteiger partial charge in [0.15, 0.2) is 0 Å². The van der Waals surface area contributed by atoms with Crippen molar-refractivity contribution in [3.05, 3.63) is 0 Å². The molecule has 0 radical (unpaired) electrons. The minimum atomic E-state index is 0.349. The Bertz CT molecular complexity index is 268. The largest absolute Gasteiger partial charge is 0.379 e. The van der Waals surface area contributed by atoms with Crippen LogP contribution in [0.2, 0.25) is 0 Å². The summed E-state index contributed by atoms with van der Waals surface area (Å²) in [6.07, 6.45) is 6.54. The van der Waals surface area contributed by atoms with E-state index in [9.17, 15) is 0 Å². The number of hydrogen-bond donors (Lipinski definition) is 1. The zero-order valence-corrected chi connectivity index (χ0v) is 14.9. The third-order valence-corrected chi connectivity index (χ3v) is 5.23. The van der Waals surface area contributed by atoms with Crippen LogP contribution in [0.15, 0.2) is 0 Å². The van der Waals surface area contributed by atoms with Crippen LogP contribution in [-0.2, 0) is 9.47 Å². The summed E-state index contributed by atoms with van der Waals surface area (Å²) in [6.45, 7) is 14.7. The fraction of sp³-hybridized carbons (Fsp3) is 1.00. The van der Waals surface area contributed by atoms with E-state index in [0.717, 1.165) is 32.3 Å². The number of rotatable bonds is 10. The average Bonchev–Trinajstić information content (AvgIpc) is 2.50. The predicted octanol–water partition coefficient (Wildman–Crippen LogP) is 4.01. The molecule has 3 heteroatoms. The molecule has 0 spiro atoms. The third-order valence-electron chi connectivity index (χ3n) is 5.23. The van der Waals surface area contributed by atoms with E-state index in [1.807, 2.05) is 6.92 Å². The Morgan fingerprint density at radius 3 is 2.48 bits per heavy atom. The van der Waals surface area contributed by atoms with Crippen LogP contribution >= 0.6 is 0 Å². The van der Waals surface area contributed by atoms with Crippen LogP contribution in [0.5, 0.6) is 0 Å². The summed E-state index contributed by atoms with van der Waals surface area (Å²) >= 11 is 0. The van der Waals surface area contributed by atoms with Crippen molar-refractivity contribution in [1.29, 1.82) is 0 Å². The first-order valence-electron chi connectivity index (χ1n) is 8.97.